The van der Waals surface area contributed by atoms with Crippen molar-refractivity contribution in [1.82, 2.24) is 25.1 Å². The molecule has 0 saturated heterocycles. The molecule has 0 aliphatic rings. The van der Waals surface area contributed by atoms with Crippen LogP contribution in [-0.2, 0) is 0 Å². The average molecular weight is 263 g/mol. The molecule has 20 heavy (non-hydrogen) atoms. The maximum atomic E-state index is 5.34. The van der Waals surface area contributed by atoms with Gasteiger partial charge in [-0.2, -0.15) is 4.98 Å². The summed E-state index contributed by atoms with van der Waals surface area (Å²) in [4.78, 5) is 15.7. The predicted octanol–water partition coefficient (Wildman–Crippen LogP) is 2.67. The van der Waals surface area contributed by atoms with Crippen LogP contribution >= 0.6 is 0 Å². The van der Waals surface area contributed by atoms with E-state index in [1.807, 2.05) is 30.5 Å². The standard InChI is InChI=1S/C14H9N5O/c1-2-10(9-4-5-16-11(9)3-1)14-18-13(19-20-14)12-8-15-6-7-17-12/h1-8,16H. The van der Waals surface area contributed by atoms with Gasteiger partial charge in [0.15, 0.2) is 0 Å². The normalized spacial score (nSPS) is 11.0. The molecular formula is C14H9N5O. The molecule has 0 fully saturated rings. The molecular weight excluding hydrogens is 254 g/mol. The average Bonchev–Trinajstić information content (AvgIpc) is 3.17. The molecule has 96 valence electrons. The van der Waals surface area contributed by atoms with E-state index in [0.717, 1.165) is 16.5 Å². The fourth-order valence-corrected chi connectivity index (χ4v) is 2.12. The van der Waals surface area contributed by atoms with Crippen LogP contribution in [-0.4, -0.2) is 25.1 Å². The molecule has 6 heteroatoms. The van der Waals surface area contributed by atoms with E-state index >= 15 is 0 Å². The highest BCUT2D eigenvalue weighted by atomic mass is 16.5. The third-order valence-corrected chi connectivity index (χ3v) is 3.04. The molecule has 0 unspecified atom stereocenters. The second kappa shape index (κ2) is 4.27. The topological polar surface area (TPSA) is 80.5 Å². The fraction of sp³-hybridized carbons (Fsp3) is 0. The number of nitrogens with one attached hydrogen (secondary N) is 1. The summed E-state index contributed by atoms with van der Waals surface area (Å²) in [7, 11) is 0. The summed E-state index contributed by atoms with van der Waals surface area (Å²) in [5.74, 6) is 0.900. The molecule has 0 aliphatic heterocycles. The molecule has 0 saturated carbocycles. The molecule has 0 radical (unpaired) electrons. The number of aromatic nitrogens is 5. The van der Waals surface area contributed by atoms with Gasteiger partial charge in [-0.1, -0.05) is 11.2 Å². The number of hydrogen-bond acceptors (Lipinski definition) is 5. The number of rotatable bonds is 2. The number of hydrogen-bond donors (Lipinski definition) is 1. The lowest BCUT2D eigenvalue weighted by atomic mass is 10.1. The lowest BCUT2D eigenvalue weighted by Crippen LogP contribution is -1.86. The fourth-order valence-electron chi connectivity index (χ4n) is 2.12. The molecule has 3 heterocycles. The minimum Gasteiger partial charge on any atom is -0.361 e. The Bertz CT molecular complexity index is 865. The largest absolute Gasteiger partial charge is 0.361 e. The van der Waals surface area contributed by atoms with Gasteiger partial charge in [0.05, 0.1) is 6.20 Å². The molecule has 4 aromatic rings. The Kier molecular flexibility index (Phi) is 2.32. The third kappa shape index (κ3) is 1.66. The SMILES string of the molecule is c1cc(-c2nc(-c3cnccn3)no2)c2cc[nH]c2c1. The van der Waals surface area contributed by atoms with Crippen molar-refractivity contribution < 1.29 is 4.52 Å². The maximum absolute atomic E-state index is 5.34. The summed E-state index contributed by atoms with van der Waals surface area (Å²) >= 11 is 0. The summed E-state index contributed by atoms with van der Waals surface area (Å²) in [6.45, 7) is 0. The molecule has 0 spiro atoms. The Morgan fingerprint density at radius 1 is 1.10 bits per heavy atom. The van der Waals surface area contributed by atoms with Crippen molar-refractivity contribution >= 4 is 10.9 Å². The van der Waals surface area contributed by atoms with E-state index in [1.54, 1.807) is 18.6 Å². The summed E-state index contributed by atoms with van der Waals surface area (Å²) < 4.78 is 5.34. The highest BCUT2D eigenvalue weighted by molar-refractivity contribution is 5.92. The van der Waals surface area contributed by atoms with Gasteiger partial charge in [0, 0.05) is 35.1 Å². The van der Waals surface area contributed by atoms with Crippen LogP contribution in [0.4, 0.5) is 0 Å². The van der Waals surface area contributed by atoms with Crippen molar-refractivity contribution in [3.63, 3.8) is 0 Å². The van der Waals surface area contributed by atoms with Gasteiger partial charge in [-0.15, -0.1) is 0 Å². The zero-order valence-corrected chi connectivity index (χ0v) is 10.3. The first-order chi connectivity index (χ1) is 9.92. The van der Waals surface area contributed by atoms with Gasteiger partial charge in [-0.25, -0.2) is 4.98 Å². The highest BCUT2D eigenvalue weighted by Crippen LogP contribution is 2.27. The monoisotopic (exact) mass is 263 g/mol. The number of aromatic amines is 1. The molecule has 1 N–H and O–H groups in total. The maximum Gasteiger partial charge on any atom is 0.258 e. The number of H-pyrrole nitrogens is 1. The molecule has 3 aromatic heterocycles. The van der Waals surface area contributed by atoms with Gasteiger partial charge in [0.2, 0.25) is 5.82 Å². The molecule has 1 aromatic carbocycles. The summed E-state index contributed by atoms with van der Waals surface area (Å²) in [5.41, 5.74) is 2.51. The smallest absolute Gasteiger partial charge is 0.258 e. The molecule has 0 amide bonds. The minimum absolute atomic E-state index is 0.431. The van der Waals surface area contributed by atoms with Crippen molar-refractivity contribution in [2.24, 2.45) is 0 Å². The van der Waals surface area contributed by atoms with Gasteiger partial charge in [0.1, 0.15) is 5.69 Å². The van der Waals surface area contributed by atoms with Crippen LogP contribution in [0.5, 0.6) is 0 Å². The number of benzene rings is 1. The van der Waals surface area contributed by atoms with Crippen LogP contribution in [0.15, 0.2) is 53.6 Å². The van der Waals surface area contributed by atoms with Crippen LogP contribution < -0.4 is 0 Å². The Morgan fingerprint density at radius 2 is 2.10 bits per heavy atom. The van der Waals surface area contributed by atoms with Gasteiger partial charge in [-0.05, 0) is 18.2 Å². The molecule has 6 nitrogen and oxygen atoms in total. The number of fused-ring (bicyclic) bond motifs is 1. The van der Waals surface area contributed by atoms with Crippen LogP contribution in [0.3, 0.4) is 0 Å². The van der Waals surface area contributed by atoms with Crippen LogP contribution in [0.1, 0.15) is 0 Å². The van der Waals surface area contributed by atoms with E-state index in [2.05, 4.69) is 25.1 Å². The zero-order chi connectivity index (χ0) is 13.4. The summed E-state index contributed by atoms with van der Waals surface area (Å²) in [6, 6.07) is 7.88. The Labute approximate surface area is 113 Å². The van der Waals surface area contributed by atoms with Gasteiger partial charge in [0.25, 0.3) is 5.89 Å². The van der Waals surface area contributed by atoms with E-state index < -0.39 is 0 Å². The Balaban J connectivity index is 1.84. The zero-order valence-electron chi connectivity index (χ0n) is 10.3. The van der Waals surface area contributed by atoms with Crippen molar-refractivity contribution in [3.05, 3.63) is 49.1 Å². The molecule has 0 atom stereocenters. The lowest BCUT2D eigenvalue weighted by Gasteiger charge is -1.96. The second-order valence-corrected chi connectivity index (χ2v) is 4.26. The van der Waals surface area contributed by atoms with Crippen LogP contribution in [0.25, 0.3) is 33.9 Å². The van der Waals surface area contributed by atoms with Crippen LogP contribution in [0.2, 0.25) is 0 Å². The van der Waals surface area contributed by atoms with E-state index in [1.165, 1.54) is 0 Å². The van der Waals surface area contributed by atoms with E-state index in [-0.39, 0.29) is 0 Å². The van der Waals surface area contributed by atoms with Gasteiger partial charge < -0.3 is 9.51 Å². The predicted molar refractivity (Wildman–Crippen MR) is 72.6 cm³/mol. The summed E-state index contributed by atoms with van der Waals surface area (Å²) in [5, 5.41) is 5.00. The molecule has 0 aliphatic carbocycles. The first-order valence-electron chi connectivity index (χ1n) is 6.08. The first kappa shape index (κ1) is 10.9. The highest BCUT2D eigenvalue weighted by Gasteiger charge is 2.14. The minimum atomic E-state index is 0.431. The van der Waals surface area contributed by atoms with Gasteiger partial charge >= 0.3 is 0 Å². The lowest BCUT2D eigenvalue weighted by molar-refractivity contribution is 0.432. The van der Waals surface area contributed by atoms with E-state index in [9.17, 15) is 0 Å². The Hall–Kier alpha value is -3.02. The molecule has 0 bridgehead atoms. The van der Waals surface area contributed by atoms with Gasteiger partial charge in [-0.3, -0.25) is 4.98 Å². The molecule has 4 rings (SSSR count). The van der Waals surface area contributed by atoms with E-state index in [4.69, 9.17) is 4.52 Å². The van der Waals surface area contributed by atoms with Crippen LogP contribution in [0, 0.1) is 0 Å². The summed E-state index contributed by atoms with van der Waals surface area (Å²) in [6.07, 6.45) is 6.68. The van der Waals surface area contributed by atoms with Crippen molar-refractivity contribution in [2.75, 3.05) is 0 Å². The van der Waals surface area contributed by atoms with Crippen molar-refractivity contribution in [1.29, 1.82) is 0 Å². The Morgan fingerprint density at radius 3 is 3.00 bits per heavy atom. The quantitative estimate of drug-likeness (QED) is 0.601. The van der Waals surface area contributed by atoms with Crippen molar-refractivity contribution in [2.45, 2.75) is 0 Å². The van der Waals surface area contributed by atoms with E-state index in [0.29, 0.717) is 17.4 Å². The number of nitrogens with zero attached hydrogens (tertiary/aromatic N) is 4. The third-order valence-electron chi connectivity index (χ3n) is 3.04. The second-order valence-electron chi connectivity index (χ2n) is 4.26. The first-order valence-corrected chi connectivity index (χ1v) is 6.08. The van der Waals surface area contributed by atoms with Crippen molar-refractivity contribution in [3.8, 4) is 23.0 Å².